The van der Waals surface area contributed by atoms with E-state index in [9.17, 15) is 0 Å². The lowest BCUT2D eigenvalue weighted by Gasteiger charge is -2.24. The zero-order valence-electron chi connectivity index (χ0n) is 9.62. The maximum Gasteiger partial charge on any atom is 0.101 e. The molecular formula is C14H15BrN2. The number of nitrogens with zero attached hydrogens (tertiary/aromatic N) is 1. The van der Waals surface area contributed by atoms with E-state index in [0.717, 1.165) is 27.6 Å². The molecule has 2 nitrogen and oxygen atoms in total. The van der Waals surface area contributed by atoms with Crippen LogP contribution in [-0.4, -0.2) is 6.04 Å². The molecule has 2 saturated carbocycles. The van der Waals surface area contributed by atoms with E-state index in [4.69, 9.17) is 5.26 Å². The molecule has 0 radical (unpaired) electrons. The highest BCUT2D eigenvalue weighted by molar-refractivity contribution is 9.10. The van der Waals surface area contributed by atoms with E-state index >= 15 is 0 Å². The Balaban J connectivity index is 1.80. The molecule has 1 N–H and O–H groups in total. The molecule has 1 unspecified atom stereocenters. The number of benzene rings is 1. The zero-order chi connectivity index (χ0) is 11.8. The summed E-state index contributed by atoms with van der Waals surface area (Å²) in [6.07, 6.45) is 5.37. The monoisotopic (exact) mass is 290 g/mol. The molecular weight excluding hydrogens is 276 g/mol. The summed E-state index contributed by atoms with van der Waals surface area (Å²) in [5.41, 5.74) is 1.73. The van der Waals surface area contributed by atoms with Crippen LogP contribution in [0.5, 0.6) is 0 Å². The van der Waals surface area contributed by atoms with E-state index in [-0.39, 0.29) is 0 Å². The average molecular weight is 291 g/mol. The van der Waals surface area contributed by atoms with Gasteiger partial charge in [0.2, 0.25) is 0 Å². The standard InChI is InChI=1S/C14H15BrN2/c15-11-5-4-10(8-16)14(7-11)17-13-3-1-2-9-6-12(9)13/h4-5,7,9,12-13,17H,1-3,6H2/t9-,12+,13?/m0/s1. The largest absolute Gasteiger partial charge is 0.381 e. The molecule has 1 aromatic rings. The van der Waals surface area contributed by atoms with E-state index < -0.39 is 0 Å². The van der Waals surface area contributed by atoms with Crippen LogP contribution in [0, 0.1) is 23.2 Å². The number of fused-ring (bicyclic) bond motifs is 1. The normalized spacial score (nSPS) is 30.2. The first-order chi connectivity index (χ1) is 8.28. The number of hydrogen-bond acceptors (Lipinski definition) is 2. The molecule has 0 spiro atoms. The summed E-state index contributed by atoms with van der Waals surface area (Å²) in [6.45, 7) is 0. The number of hydrogen-bond donors (Lipinski definition) is 1. The Bertz CT molecular complexity index is 478. The van der Waals surface area contributed by atoms with Gasteiger partial charge in [0.15, 0.2) is 0 Å². The highest BCUT2D eigenvalue weighted by Crippen LogP contribution is 2.50. The summed E-state index contributed by atoms with van der Waals surface area (Å²) in [5.74, 6) is 1.81. The number of nitrogens with one attached hydrogen (secondary N) is 1. The van der Waals surface area contributed by atoms with E-state index in [0.29, 0.717) is 6.04 Å². The molecule has 0 heterocycles. The lowest BCUT2D eigenvalue weighted by Crippen LogP contribution is -2.25. The predicted octanol–water partition coefficient (Wildman–Crippen LogP) is 3.92. The van der Waals surface area contributed by atoms with Crippen molar-refractivity contribution in [1.29, 1.82) is 5.26 Å². The Hall–Kier alpha value is -1.01. The number of nitriles is 1. The van der Waals surface area contributed by atoms with Crippen molar-refractivity contribution in [2.75, 3.05) is 5.32 Å². The second-order valence-electron chi connectivity index (χ2n) is 5.14. The van der Waals surface area contributed by atoms with Gasteiger partial charge >= 0.3 is 0 Å². The fourth-order valence-electron chi connectivity index (χ4n) is 3.02. The molecule has 88 valence electrons. The van der Waals surface area contributed by atoms with Crippen molar-refractivity contribution in [3.63, 3.8) is 0 Å². The maximum atomic E-state index is 9.11. The Kier molecular flexibility index (Phi) is 2.84. The lowest BCUT2D eigenvalue weighted by atomic mass is 9.95. The fourth-order valence-corrected chi connectivity index (χ4v) is 3.38. The Morgan fingerprint density at radius 2 is 2.24 bits per heavy atom. The van der Waals surface area contributed by atoms with Crippen molar-refractivity contribution in [3.8, 4) is 6.07 Å². The highest BCUT2D eigenvalue weighted by Gasteiger charge is 2.45. The van der Waals surface area contributed by atoms with Gasteiger partial charge in [0.25, 0.3) is 0 Å². The smallest absolute Gasteiger partial charge is 0.101 e. The minimum Gasteiger partial charge on any atom is -0.381 e. The second kappa shape index (κ2) is 4.34. The van der Waals surface area contributed by atoms with Gasteiger partial charge in [-0.2, -0.15) is 5.26 Å². The van der Waals surface area contributed by atoms with Crippen molar-refractivity contribution in [1.82, 2.24) is 0 Å². The lowest BCUT2D eigenvalue weighted by molar-refractivity contribution is 0.440. The molecule has 0 amide bonds. The van der Waals surface area contributed by atoms with Crippen LogP contribution in [0.15, 0.2) is 22.7 Å². The Morgan fingerprint density at radius 3 is 3.06 bits per heavy atom. The minimum absolute atomic E-state index is 0.579. The third-order valence-corrected chi connectivity index (χ3v) is 4.52. The molecule has 3 heteroatoms. The van der Waals surface area contributed by atoms with Gasteiger partial charge in [-0.1, -0.05) is 28.8 Å². The van der Waals surface area contributed by atoms with E-state index in [1.165, 1.54) is 25.7 Å². The van der Waals surface area contributed by atoms with Crippen LogP contribution in [0.25, 0.3) is 0 Å². The summed E-state index contributed by atoms with van der Waals surface area (Å²) in [4.78, 5) is 0. The summed E-state index contributed by atoms with van der Waals surface area (Å²) >= 11 is 3.47. The fraction of sp³-hybridized carbons (Fsp3) is 0.500. The molecule has 17 heavy (non-hydrogen) atoms. The molecule has 3 atom stereocenters. The summed E-state index contributed by atoms with van der Waals surface area (Å²) in [6, 6.07) is 8.65. The van der Waals surface area contributed by atoms with Gasteiger partial charge in [0.1, 0.15) is 6.07 Å². The SMILES string of the molecule is N#Cc1ccc(Br)cc1NC1CCC[C@H]2C[C@@H]12. The molecule has 0 aliphatic heterocycles. The Labute approximate surface area is 110 Å². The highest BCUT2D eigenvalue weighted by atomic mass is 79.9. The summed E-state index contributed by atoms with van der Waals surface area (Å²) in [5, 5.41) is 12.7. The topological polar surface area (TPSA) is 35.8 Å². The van der Waals surface area contributed by atoms with E-state index in [1.807, 2.05) is 18.2 Å². The van der Waals surface area contributed by atoms with Crippen LogP contribution in [0.4, 0.5) is 5.69 Å². The van der Waals surface area contributed by atoms with Crippen LogP contribution < -0.4 is 5.32 Å². The second-order valence-corrected chi connectivity index (χ2v) is 6.06. The van der Waals surface area contributed by atoms with Crippen molar-refractivity contribution < 1.29 is 0 Å². The number of rotatable bonds is 2. The molecule has 0 saturated heterocycles. The first-order valence-corrected chi connectivity index (χ1v) is 7.03. The molecule has 2 aliphatic carbocycles. The van der Waals surface area contributed by atoms with E-state index in [2.05, 4.69) is 27.3 Å². The number of anilines is 1. The van der Waals surface area contributed by atoms with Gasteiger partial charge < -0.3 is 5.32 Å². The quantitative estimate of drug-likeness (QED) is 0.896. The maximum absolute atomic E-state index is 9.11. The molecule has 2 aliphatic rings. The van der Waals surface area contributed by atoms with E-state index in [1.54, 1.807) is 0 Å². The van der Waals surface area contributed by atoms with Crippen LogP contribution >= 0.6 is 15.9 Å². The van der Waals surface area contributed by atoms with Gasteiger partial charge in [0, 0.05) is 10.5 Å². The van der Waals surface area contributed by atoms with Crippen molar-refractivity contribution in [3.05, 3.63) is 28.2 Å². The number of halogens is 1. The van der Waals surface area contributed by atoms with Gasteiger partial charge in [-0.3, -0.25) is 0 Å². The minimum atomic E-state index is 0.579. The van der Waals surface area contributed by atoms with Crippen molar-refractivity contribution >= 4 is 21.6 Å². The van der Waals surface area contributed by atoms with Crippen molar-refractivity contribution in [2.45, 2.75) is 31.7 Å². The first-order valence-electron chi connectivity index (χ1n) is 6.24. The van der Waals surface area contributed by atoms with Gasteiger partial charge in [-0.15, -0.1) is 0 Å². The third kappa shape index (κ3) is 2.19. The van der Waals surface area contributed by atoms with Gasteiger partial charge in [-0.05, 0) is 42.9 Å². The summed E-state index contributed by atoms with van der Waals surface area (Å²) < 4.78 is 1.03. The van der Waals surface area contributed by atoms with Gasteiger partial charge in [0.05, 0.1) is 11.3 Å². The summed E-state index contributed by atoms with van der Waals surface area (Å²) in [7, 11) is 0. The van der Waals surface area contributed by atoms with Crippen LogP contribution in [0.3, 0.4) is 0 Å². The molecule has 3 rings (SSSR count). The van der Waals surface area contributed by atoms with Crippen molar-refractivity contribution in [2.24, 2.45) is 11.8 Å². The molecule has 0 aromatic heterocycles. The third-order valence-electron chi connectivity index (χ3n) is 4.03. The first kappa shape index (κ1) is 11.1. The molecule has 1 aromatic carbocycles. The van der Waals surface area contributed by atoms with Crippen LogP contribution in [0.1, 0.15) is 31.2 Å². The van der Waals surface area contributed by atoms with Crippen LogP contribution in [-0.2, 0) is 0 Å². The molecule has 2 fully saturated rings. The predicted molar refractivity (Wildman–Crippen MR) is 71.7 cm³/mol. The zero-order valence-corrected chi connectivity index (χ0v) is 11.2. The molecule has 0 bridgehead atoms. The Morgan fingerprint density at radius 1 is 1.35 bits per heavy atom. The average Bonchev–Trinajstić information content (AvgIpc) is 3.09. The van der Waals surface area contributed by atoms with Crippen LogP contribution in [0.2, 0.25) is 0 Å². The van der Waals surface area contributed by atoms with Gasteiger partial charge in [-0.25, -0.2) is 0 Å².